The zero-order valence-corrected chi connectivity index (χ0v) is 11.6. The molecule has 2 rings (SSSR count). The third-order valence-corrected chi connectivity index (χ3v) is 3.31. The van der Waals surface area contributed by atoms with Crippen LogP contribution in [0.3, 0.4) is 0 Å². The summed E-state index contributed by atoms with van der Waals surface area (Å²) in [5.74, 6) is -1.46. The Hall–Kier alpha value is -1.85. The number of hydrogen-bond donors (Lipinski definition) is 2. The monoisotopic (exact) mass is 312 g/mol. The molecule has 0 aliphatic heterocycles. The first-order valence-corrected chi connectivity index (χ1v) is 6.41. The first-order chi connectivity index (χ1) is 9.40. The van der Waals surface area contributed by atoms with E-state index in [9.17, 15) is 9.59 Å². The van der Waals surface area contributed by atoms with Gasteiger partial charge in [-0.05, 0) is 24.3 Å². The highest BCUT2D eigenvalue weighted by molar-refractivity contribution is 6.61. The van der Waals surface area contributed by atoms with Gasteiger partial charge in [-0.3, -0.25) is 10.2 Å². The van der Waals surface area contributed by atoms with E-state index in [0.29, 0.717) is 11.4 Å². The molecule has 20 heavy (non-hydrogen) atoms. The number of hydrazone groups is 1. The number of ketones is 1. The van der Waals surface area contributed by atoms with E-state index in [1.165, 1.54) is 18.2 Å². The van der Waals surface area contributed by atoms with Gasteiger partial charge in [-0.15, -0.1) is 0 Å². The van der Waals surface area contributed by atoms with Crippen LogP contribution in [0.4, 0.5) is 5.69 Å². The van der Waals surface area contributed by atoms with E-state index in [1.807, 2.05) is 0 Å². The highest BCUT2D eigenvalue weighted by Gasteiger charge is 2.35. The molecule has 104 valence electrons. The van der Waals surface area contributed by atoms with Gasteiger partial charge in [0.15, 0.2) is 10.1 Å². The number of anilines is 1. The molecule has 0 aromatic heterocycles. The molecule has 0 bridgehead atoms. The Balaban J connectivity index is 2.21. The normalized spacial score (nSPS) is 19.1. The second-order valence-corrected chi connectivity index (χ2v) is 5.63. The zero-order valence-electron chi connectivity index (χ0n) is 10.1. The zero-order chi connectivity index (χ0) is 14.8. The van der Waals surface area contributed by atoms with E-state index in [-0.39, 0.29) is 12.0 Å². The van der Waals surface area contributed by atoms with Gasteiger partial charge >= 0.3 is 5.97 Å². The Morgan fingerprint density at radius 2 is 2.00 bits per heavy atom. The van der Waals surface area contributed by atoms with Gasteiger partial charge in [-0.2, -0.15) is 5.10 Å². The Morgan fingerprint density at radius 3 is 2.65 bits per heavy atom. The van der Waals surface area contributed by atoms with Crippen molar-refractivity contribution >= 4 is 46.4 Å². The van der Waals surface area contributed by atoms with Crippen LogP contribution in [0.2, 0.25) is 0 Å². The minimum Gasteiger partial charge on any atom is -0.478 e. The molecule has 7 heteroatoms. The lowest BCUT2D eigenvalue weighted by atomic mass is 10.0. The van der Waals surface area contributed by atoms with Gasteiger partial charge in [-0.25, -0.2) is 4.79 Å². The van der Waals surface area contributed by atoms with E-state index < -0.39 is 16.1 Å². The number of rotatable bonds is 3. The number of halogens is 2. The van der Waals surface area contributed by atoms with Crippen molar-refractivity contribution in [2.24, 2.45) is 5.10 Å². The summed E-state index contributed by atoms with van der Waals surface area (Å²) in [5.41, 5.74) is 3.53. The maximum Gasteiger partial charge on any atom is 0.337 e. The summed E-state index contributed by atoms with van der Waals surface area (Å²) in [5, 5.41) is 13.1. The fourth-order valence-corrected chi connectivity index (χ4v) is 2.04. The van der Waals surface area contributed by atoms with Crippen LogP contribution in [-0.2, 0) is 4.79 Å². The minimum atomic E-state index is -1.53. The second kappa shape index (κ2) is 5.64. The molecule has 0 saturated heterocycles. The number of carbonyl (C=O) groups is 2. The van der Waals surface area contributed by atoms with Crippen molar-refractivity contribution in [2.45, 2.75) is 10.8 Å². The lowest BCUT2D eigenvalue weighted by Crippen LogP contribution is -2.31. The summed E-state index contributed by atoms with van der Waals surface area (Å²) < 4.78 is -1.53. The van der Waals surface area contributed by atoms with Crippen molar-refractivity contribution in [3.63, 3.8) is 0 Å². The third-order valence-electron chi connectivity index (χ3n) is 2.67. The van der Waals surface area contributed by atoms with Gasteiger partial charge in [0.2, 0.25) is 0 Å². The van der Waals surface area contributed by atoms with Crippen molar-refractivity contribution in [1.82, 2.24) is 0 Å². The average Bonchev–Trinajstić information content (AvgIpc) is 2.40. The molecule has 1 aliphatic rings. The summed E-state index contributed by atoms with van der Waals surface area (Å²) in [6.45, 7) is 0. The predicted molar refractivity (Wildman–Crippen MR) is 77.7 cm³/mol. The van der Waals surface area contributed by atoms with E-state index in [0.717, 1.165) is 0 Å². The topological polar surface area (TPSA) is 78.8 Å². The number of nitrogens with one attached hydrogen (secondary N) is 1. The van der Waals surface area contributed by atoms with Crippen LogP contribution in [-0.4, -0.2) is 26.9 Å². The van der Waals surface area contributed by atoms with E-state index in [1.54, 1.807) is 18.2 Å². The molecule has 0 unspecified atom stereocenters. The molecule has 0 amide bonds. The Kier molecular flexibility index (Phi) is 4.11. The molecule has 0 heterocycles. The smallest absolute Gasteiger partial charge is 0.337 e. The van der Waals surface area contributed by atoms with Gasteiger partial charge in [0, 0.05) is 6.42 Å². The largest absolute Gasteiger partial charge is 0.478 e. The molecule has 0 radical (unpaired) electrons. The summed E-state index contributed by atoms with van der Waals surface area (Å²) in [7, 11) is 0. The summed E-state index contributed by atoms with van der Waals surface area (Å²) in [4.78, 5) is 22.4. The fraction of sp³-hybridized carbons (Fsp3) is 0.154. The number of nitrogens with zero attached hydrogens (tertiary/aromatic N) is 1. The Bertz CT molecular complexity index is 624. The SMILES string of the molecule is O=C(O)c1ccccc1NN=C1C=CC(=O)C(Cl)(Cl)C1. The van der Waals surface area contributed by atoms with Crippen LogP contribution in [0.15, 0.2) is 41.5 Å². The molecule has 0 fully saturated rings. The van der Waals surface area contributed by atoms with Gasteiger partial charge in [-0.1, -0.05) is 35.3 Å². The van der Waals surface area contributed by atoms with Crippen LogP contribution in [0.25, 0.3) is 0 Å². The highest BCUT2D eigenvalue weighted by atomic mass is 35.5. The molecule has 0 spiro atoms. The number of alkyl halides is 2. The van der Waals surface area contributed by atoms with Gasteiger partial charge < -0.3 is 5.11 Å². The highest BCUT2D eigenvalue weighted by Crippen LogP contribution is 2.30. The quantitative estimate of drug-likeness (QED) is 0.664. The maximum absolute atomic E-state index is 11.4. The predicted octanol–water partition coefficient (Wildman–Crippen LogP) is 2.86. The molecule has 1 aromatic carbocycles. The summed E-state index contributed by atoms with van der Waals surface area (Å²) in [6, 6.07) is 6.34. The Labute approximate surface area is 124 Å². The summed E-state index contributed by atoms with van der Waals surface area (Å²) in [6.07, 6.45) is 2.78. The van der Waals surface area contributed by atoms with Gasteiger partial charge in [0.25, 0.3) is 0 Å². The van der Waals surface area contributed by atoms with Gasteiger partial charge in [0.05, 0.1) is 17.0 Å². The molecule has 2 N–H and O–H groups in total. The molecule has 0 saturated carbocycles. The lowest BCUT2D eigenvalue weighted by Gasteiger charge is -2.19. The van der Waals surface area contributed by atoms with Crippen molar-refractivity contribution in [3.8, 4) is 0 Å². The third kappa shape index (κ3) is 3.18. The fourth-order valence-electron chi connectivity index (χ4n) is 1.64. The number of para-hydroxylation sites is 1. The van der Waals surface area contributed by atoms with Crippen LogP contribution >= 0.6 is 23.2 Å². The Morgan fingerprint density at radius 1 is 1.30 bits per heavy atom. The van der Waals surface area contributed by atoms with Crippen LogP contribution in [0.5, 0.6) is 0 Å². The van der Waals surface area contributed by atoms with Crippen molar-refractivity contribution in [2.75, 3.05) is 5.43 Å². The number of carboxylic acid groups (broad SMARTS) is 1. The first-order valence-electron chi connectivity index (χ1n) is 5.65. The minimum absolute atomic E-state index is 0.0493. The maximum atomic E-state index is 11.4. The van der Waals surface area contributed by atoms with Gasteiger partial charge in [0.1, 0.15) is 0 Å². The average molecular weight is 313 g/mol. The molecule has 1 aromatic rings. The van der Waals surface area contributed by atoms with Crippen molar-refractivity contribution in [3.05, 3.63) is 42.0 Å². The van der Waals surface area contributed by atoms with Crippen LogP contribution < -0.4 is 5.43 Å². The van der Waals surface area contributed by atoms with E-state index in [4.69, 9.17) is 28.3 Å². The van der Waals surface area contributed by atoms with Crippen LogP contribution in [0.1, 0.15) is 16.8 Å². The van der Waals surface area contributed by atoms with Crippen molar-refractivity contribution < 1.29 is 14.7 Å². The van der Waals surface area contributed by atoms with E-state index >= 15 is 0 Å². The number of aromatic carboxylic acids is 1. The lowest BCUT2D eigenvalue weighted by molar-refractivity contribution is -0.115. The second-order valence-electron chi connectivity index (χ2n) is 4.14. The molecule has 1 aliphatic carbocycles. The molecular weight excluding hydrogens is 303 g/mol. The number of hydrogen-bond acceptors (Lipinski definition) is 4. The number of allylic oxidation sites excluding steroid dienone is 2. The molecule has 0 atom stereocenters. The number of carboxylic acids is 1. The summed E-state index contributed by atoms with van der Waals surface area (Å²) >= 11 is 11.7. The molecule has 5 nitrogen and oxygen atoms in total. The first kappa shape index (κ1) is 14.6. The number of benzene rings is 1. The van der Waals surface area contributed by atoms with Crippen LogP contribution in [0, 0.1) is 0 Å². The van der Waals surface area contributed by atoms with E-state index in [2.05, 4.69) is 10.5 Å². The van der Waals surface area contributed by atoms with Crippen molar-refractivity contribution in [1.29, 1.82) is 0 Å². The molecular formula is C13H10Cl2N2O3. The number of carbonyl (C=O) groups excluding carboxylic acids is 1. The standard InChI is InChI=1S/C13H10Cl2N2O3/c14-13(15)7-8(5-6-11(13)18)16-17-10-4-2-1-3-9(10)12(19)20/h1-6,17H,7H2,(H,19,20).